The van der Waals surface area contributed by atoms with E-state index in [1.165, 1.54) is 11.1 Å². The lowest BCUT2D eigenvalue weighted by Gasteiger charge is -2.36. The van der Waals surface area contributed by atoms with E-state index < -0.39 is 0 Å². The largest absolute Gasteiger partial charge is 0.493 e. The van der Waals surface area contributed by atoms with Gasteiger partial charge in [-0.15, -0.1) is 0 Å². The van der Waals surface area contributed by atoms with Crippen molar-refractivity contribution in [2.75, 3.05) is 47.5 Å². The van der Waals surface area contributed by atoms with Gasteiger partial charge in [-0.25, -0.2) is 0 Å². The Kier molecular flexibility index (Phi) is 6.01. The van der Waals surface area contributed by atoms with Crippen molar-refractivity contribution in [1.82, 2.24) is 10.2 Å². The molecule has 0 radical (unpaired) electrons. The van der Waals surface area contributed by atoms with E-state index in [1.54, 1.807) is 21.3 Å². The molecular weight excluding hydrogens is 328 g/mol. The van der Waals surface area contributed by atoms with Gasteiger partial charge in [-0.2, -0.15) is 0 Å². The summed E-state index contributed by atoms with van der Waals surface area (Å²) in [5, 5.41) is 3.44. The Hall–Kier alpha value is -2.24. The van der Waals surface area contributed by atoms with Gasteiger partial charge in [0.2, 0.25) is 5.75 Å². The summed E-state index contributed by atoms with van der Waals surface area (Å²) in [5.41, 5.74) is 3.74. The van der Waals surface area contributed by atoms with Crippen LogP contribution in [-0.2, 0) is 0 Å². The van der Waals surface area contributed by atoms with Gasteiger partial charge < -0.3 is 19.5 Å². The highest BCUT2D eigenvalue weighted by Gasteiger charge is 2.27. The van der Waals surface area contributed by atoms with Crippen LogP contribution in [0.25, 0.3) is 0 Å². The molecule has 3 rings (SSSR count). The zero-order valence-electron chi connectivity index (χ0n) is 16.0. The normalized spacial score (nSPS) is 16.2. The maximum atomic E-state index is 5.59. The number of nitrogens with zero attached hydrogens (tertiary/aromatic N) is 1. The van der Waals surface area contributed by atoms with E-state index in [1.807, 2.05) is 0 Å². The van der Waals surface area contributed by atoms with E-state index in [0.717, 1.165) is 31.7 Å². The smallest absolute Gasteiger partial charge is 0.203 e. The summed E-state index contributed by atoms with van der Waals surface area (Å²) < 4.78 is 16.7. The highest BCUT2D eigenvalue weighted by Crippen LogP contribution is 2.42. The van der Waals surface area contributed by atoms with Crippen LogP contribution < -0.4 is 19.5 Å². The predicted molar refractivity (Wildman–Crippen MR) is 104 cm³/mol. The fourth-order valence-corrected chi connectivity index (χ4v) is 3.68. The summed E-state index contributed by atoms with van der Waals surface area (Å²) in [4.78, 5) is 2.51. The lowest BCUT2D eigenvalue weighted by molar-refractivity contribution is 0.197. The summed E-state index contributed by atoms with van der Waals surface area (Å²) in [7, 11) is 4.96. The molecule has 0 spiro atoms. The molecule has 1 aliphatic heterocycles. The molecule has 26 heavy (non-hydrogen) atoms. The molecule has 2 aromatic carbocycles. The molecule has 1 saturated heterocycles. The number of nitrogens with one attached hydrogen (secondary N) is 1. The van der Waals surface area contributed by atoms with E-state index in [-0.39, 0.29) is 6.04 Å². The Morgan fingerprint density at radius 3 is 2.08 bits per heavy atom. The van der Waals surface area contributed by atoms with Gasteiger partial charge >= 0.3 is 0 Å². The first-order chi connectivity index (χ1) is 12.7. The van der Waals surface area contributed by atoms with E-state index >= 15 is 0 Å². The second-order valence-electron chi connectivity index (χ2n) is 6.50. The van der Waals surface area contributed by atoms with Crippen LogP contribution in [0.5, 0.6) is 17.2 Å². The minimum atomic E-state index is 0.145. The first-order valence-electron chi connectivity index (χ1n) is 8.99. The topological polar surface area (TPSA) is 43.0 Å². The van der Waals surface area contributed by atoms with Gasteiger partial charge in [-0.05, 0) is 35.7 Å². The molecule has 1 fully saturated rings. The summed E-state index contributed by atoms with van der Waals surface area (Å²) >= 11 is 0. The molecule has 0 saturated carbocycles. The molecule has 1 heterocycles. The Bertz CT molecular complexity index is 717. The highest BCUT2D eigenvalue weighted by atomic mass is 16.5. The number of hydrogen-bond acceptors (Lipinski definition) is 5. The van der Waals surface area contributed by atoms with Gasteiger partial charge in [0.1, 0.15) is 0 Å². The zero-order valence-corrected chi connectivity index (χ0v) is 16.0. The molecule has 0 bridgehead atoms. The van der Waals surface area contributed by atoms with Gasteiger partial charge in [0, 0.05) is 26.2 Å². The minimum Gasteiger partial charge on any atom is -0.493 e. The lowest BCUT2D eigenvalue weighted by Crippen LogP contribution is -2.45. The zero-order chi connectivity index (χ0) is 18.5. The molecule has 1 atom stereocenters. The monoisotopic (exact) mass is 356 g/mol. The second kappa shape index (κ2) is 8.43. The summed E-state index contributed by atoms with van der Waals surface area (Å²) in [6.07, 6.45) is 0. The molecule has 1 aliphatic rings. The number of rotatable bonds is 6. The number of ether oxygens (including phenoxy) is 3. The average molecular weight is 356 g/mol. The number of piperazine rings is 1. The van der Waals surface area contributed by atoms with Gasteiger partial charge in [0.05, 0.1) is 27.4 Å². The molecule has 1 unspecified atom stereocenters. The second-order valence-corrected chi connectivity index (χ2v) is 6.50. The number of benzene rings is 2. The van der Waals surface area contributed by atoms with Crippen LogP contribution in [0.15, 0.2) is 36.4 Å². The molecule has 2 aromatic rings. The minimum absolute atomic E-state index is 0.145. The van der Waals surface area contributed by atoms with Crippen molar-refractivity contribution in [3.8, 4) is 17.2 Å². The Balaban J connectivity index is 2.14. The van der Waals surface area contributed by atoms with Crippen LogP contribution in [0.3, 0.4) is 0 Å². The van der Waals surface area contributed by atoms with Crippen molar-refractivity contribution in [2.24, 2.45) is 0 Å². The van der Waals surface area contributed by atoms with Gasteiger partial charge in [-0.3, -0.25) is 4.90 Å². The van der Waals surface area contributed by atoms with Crippen LogP contribution in [0, 0.1) is 6.92 Å². The summed E-state index contributed by atoms with van der Waals surface area (Å²) in [6, 6.07) is 12.9. The van der Waals surface area contributed by atoms with Crippen LogP contribution in [0.2, 0.25) is 0 Å². The lowest BCUT2D eigenvalue weighted by atomic mass is 9.92. The van der Waals surface area contributed by atoms with Gasteiger partial charge in [0.25, 0.3) is 0 Å². The third kappa shape index (κ3) is 3.64. The third-order valence-electron chi connectivity index (χ3n) is 5.00. The van der Waals surface area contributed by atoms with Crippen molar-refractivity contribution in [3.05, 3.63) is 53.1 Å². The standard InChI is InChI=1S/C21H28N2O3/c1-15-7-5-6-8-17(15)20(23-11-9-22-10-12-23)16-13-18(24-2)21(26-4)19(14-16)25-3/h5-8,13-14,20,22H,9-12H2,1-4H3. The van der Waals surface area contributed by atoms with Crippen LogP contribution in [-0.4, -0.2) is 52.4 Å². The van der Waals surface area contributed by atoms with E-state index in [9.17, 15) is 0 Å². The molecule has 5 nitrogen and oxygen atoms in total. The van der Waals surface area contributed by atoms with Crippen molar-refractivity contribution in [2.45, 2.75) is 13.0 Å². The molecule has 140 valence electrons. The SMILES string of the molecule is COc1cc(C(c2ccccc2C)N2CCNCC2)cc(OC)c1OC. The third-order valence-corrected chi connectivity index (χ3v) is 5.00. The molecule has 0 amide bonds. The highest BCUT2D eigenvalue weighted by molar-refractivity contribution is 5.55. The van der Waals surface area contributed by atoms with Crippen LogP contribution in [0.1, 0.15) is 22.7 Å². The van der Waals surface area contributed by atoms with Crippen LogP contribution >= 0.6 is 0 Å². The van der Waals surface area contributed by atoms with Crippen molar-refractivity contribution in [3.63, 3.8) is 0 Å². The first kappa shape index (κ1) is 18.5. The predicted octanol–water partition coefficient (Wildman–Crippen LogP) is 3.02. The van der Waals surface area contributed by atoms with E-state index in [0.29, 0.717) is 17.2 Å². The Morgan fingerprint density at radius 1 is 0.923 bits per heavy atom. The maximum Gasteiger partial charge on any atom is 0.203 e. The van der Waals surface area contributed by atoms with Crippen molar-refractivity contribution in [1.29, 1.82) is 0 Å². The Morgan fingerprint density at radius 2 is 1.54 bits per heavy atom. The quantitative estimate of drug-likeness (QED) is 0.862. The first-order valence-corrected chi connectivity index (χ1v) is 8.99. The number of methoxy groups -OCH3 is 3. The fourth-order valence-electron chi connectivity index (χ4n) is 3.68. The van der Waals surface area contributed by atoms with E-state index in [4.69, 9.17) is 14.2 Å². The number of aryl methyl sites for hydroxylation is 1. The average Bonchev–Trinajstić information content (AvgIpc) is 2.69. The molecular formula is C21H28N2O3. The molecule has 1 N–H and O–H groups in total. The van der Waals surface area contributed by atoms with Gasteiger partial charge in [-0.1, -0.05) is 24.3 Å². The molecule has 0 aromatic heterocycles. The Labute approximate surface area is 155 Å². The van der Waals surface area contributed by atoms with Gasteiger partial charge in [0.15, 0.2) is 11.5 Å². The van der Waals surface area contributed by atoms with E-state index in [2.05, 4.69) is 53.5 Å². The molecule has 5 heteroatoms. The summed E-state index contributed by atoms with van der Waals surface area (Å²) in [6.45, 7) is 6.15. The van der Waals surface area contributed by atoms with Crippen molar-refractivity contribution < 1.29 is 14.2 Å². The molecule has 0 aliphatic carbocycles. The van der Waals surface area contributed by atoms with Crippen LogP contribution in [0.4, 0.5) is 0 Å². The summed E-state index contributed by atoms with van der Waals surface area (Å²) in [5.74, 6) is 2.01. The fraction of sp³-hybridized carbons (Fsp3) is 0.429. The van der Waals surface area contributed by atoms with Crippen molar-refractivity contribution >= 4 is 0 Å². The number of hydrogen-bond donors (Lipinski definition) is 1. The maximum absolute atomic E-state index is 5.59.